The Morgan fingerprint density at radius 3 is 2.83 bits per heavy atom. The molecule has 3 nitrogen and oxygen atoms in total. The molecule has 3 aliphatic rings. The number of allylic oxidation sites excluding steroid dienone is 3. The van der Waals surface area contributed by atoms with Crippen LogP contribution in [0.4, 0.5) is 0 Å². The zero-order valence-electron chi connectivity index (χ0n) is 14.6. The molecule has 3 heteroatoms. The number of aliphatic carboxylic acids is 1. The molecule has 0 amide bonds. The third kappa shape index (κ3) is 2.48. The van der Waals surface area contributed by atoms with Gasteiger partial charge in [0.15, 0.2) is 0 Å². The summed E-state index contributed by atoms with van der Waals surface area (Å²) in [5, 5.41) is 19.3. The normalized spacial score (nSPS) is 42.5. The summed E-state index contributed by atoms with van der Waals surface area (Å²) in [5.74, 6) is 2.64. The molecule has 0 radical (unpaired) electrons. The lowest BCUT2D eigenvalue weighted by Gasteiger charge is -2.68. The first-order valence-corrected chi connectivity index (χ1v) is 9.10. The molecule has 0 saturated heterocycles. The summed E-state index contributed by atoms with van der Waals surface area (Å²) in [5.41, 5.74) is 1.86. The van der Waals surface area contributed by atoms with Gasteiger partial charge in [0.25, 0.3) is 0 Å². The van der Waals surface area contributed by atoms with Crippen molar-refractivity contribution in [3.05, 3.63) is 23.3 Å². The molecular formula is C20H30O3. The minimum atomic E-state index is -0.838. The van der Waals surface area contributed by atoms with Crippen molar-refractivity contribution in [1.29, 1.82) is 0 Å². The highest BCUT2D eigenvalue weighted by Gasteiger charge is 2.65. The summed E-state index contributed by atoms with van der Waals surface area (Å²) in [6.07, 6.45) is 9.62. The lowest BCUT2D eigenvalue weighted by Crippen LogP contribution is -2.64. The quantitative estimate of drug-likeness (QED) is 0.594. The summed E-state index contributed by atoms with van der Waals surface area (Å²) in [7, 11) is 0. The van der Waals surface area contributed by atoms with Crippen LogP contribution in [0.25, 0.3) is 0 Å². The van der Waals surface area contributed by atoms with E-state index in [1.165, 1.54) is 24.8 Å². The molecule has 2 saturated carbocycles. The van der Waals surface area contributed by atoms with E-state index in [0.29, 0.717) is 17.4 Å². The second-order valence-electron chi connectivity index (χ2n) is 8.19. The Labute approximate surface area is 139 Å². The van der Waals surface area contributed by atoms with E-state index in [2.05, 4.69) is 19.9 Å². The summed E-state index contributed by atoms with van der Waals surface area (Å²) in [4.78, 5) is 11.0. The summed E-state index contributed by atoms with van der Waals surface area (Å²) >= 11 is 0. The third-order valence-electron chi connectivity index (χ3n) is 7.26. The average molecular weight is 318 g/mol. The Bertz CT molecular complexity index is 547. The Hall–Kier alpha value is -1.09. The van der Waals surface area contributed by atoms with Crippen LogP contribution in [0.15, 0.2) is 23.3 Å². The van der Waals surface area contributed by atoms with Crippen molar-refractivity contribution in [2.45, 2.75) is 52.9 Å². The van der Waals surface area contributed by atoms with Crippen LogP contribution in [0.2, 0.25) is 0 Å². The van der Waals surface area contributed by atoms with Crippen LogP contribution in [0.5, 0.6) is 0 Å². The second-order valence-corrected chi connectivity index (χ2v) is 8.19. The van der Waals surface area contributed by atoms with Crippen molar-refractivity contribution in [3.63, 3.8) is 0 Å². The van der Waals surface area contributed by atoms with Crippen molar-refractivity contribution >= 4 is 5.97 Å². The van der Waals surface area contributed by atoms with Crippen LogP contribution in [-0.4, -0.2) is 22.8 Å². The largest absolute Gasteiger partial charge is 0.478 e. The third-order valence-corrected chi connectivity index (χ3v) is 7.26. The molecule has 0 aromatic rings. The average Bonchev–Trinajstić information content (AvgIpc) is 2.51. The van der Waals surface area contributed by atoms with Gasteiger partial charge in [0.2, 0.25) is 0 Å². The monoisotopic (exact) mass is 318 g/mol. The highest BCUT2D eigenvalue weighted by Crippen LogP contribution is 2.69. The van der Waals surface area contributed by atoms with Gasteiger partial charge in [-0.25, -0.2) is 4.79 Å². The van der Waals surface area contributed by atoms with Gasteiger partial charge in [-0.1, -0.05) is 31.1 Å². The van der Waals surface area contributed by atoms with E-state index < -0.39 is 5.97 Å². The Balaban J connectivity index is 1.82. The van der Waals surface area contributed by atoms with Crippen molar-refractivity contribution in [2.24, 2.45) is 35.0 Å². The van der Waals surface area contributed by atoms with Crippen LogP contribution in [0, 0.1) is 35.0 Å². The topological polar surface area (TPSA) is 57.5 Å². The molecule has 2 N–H and O–H groups in total. The number of carbonyl (C=O) groups is 1. The van der Waals surface area contributed by atoms with Crippen molar-refractivity contribution in [1.82, 2.24) is 0 Å². The molecule has 128 valence electrons. The number of hydrogen-bond acceptors (Lipinski definition) is 2. The first-order valence-electron chi connectivity index (χ1n) is 9.10. The molecule has 0 heterocycles. The van der Waals surface area contributed by atoms with E-state index in [9.17, 15) is 9.90 Å². The predicted octanol–water partition coefficient (Wildman–Crippen LogP) is 4.03. The second kappa shape index (κ2) is 6.08. The maximum atomic E-state index is 11.0. The summed E-state index contributed by atoms with van der Waals surface area (Å²) in [6.45, 7) is 6.52. The van der Waals surface area contributed by atoms with Gasteiger partial charge in [0.05, 0.1) is 0 Å². The molecule has 3 rings (SSSR count). The summed E-state index contributed by atoms with van der Waals surface area (Å²) in [6, 6.07) is 0. The maximum Gasteiger partial charge on any atom is 0.330 e. The molecule has 0 unspecified atom stereocenters. The molecule has 0 aromatic carbocycles. The zero-order chi connectivity index (χ0) is 16.8. The highest BCUT2D eigenvalue weighted by molar-refractivity contribution is 5.85. The fourth-order valence-electron chi connectivity index (χ4n) is 6.05. The van der Waals surface area contributed by atoms with Crippen LogP contribution in [0.3, 0.4) is 0 Å². The molecule has 23 heavy (non-hydrogen) atoms. The van der Waals surface area contributed by atoms with Crippen LogP contribution >= 0.6 is 0 Å². The van der Waals surface area contributed by atoms with Crippen LogP contribution < -0.4 is 0 Å². The molecule has 0 aliphatic heterocycles. The van der Waals surface area contributed by atoms with Crippen LogP contribution in [-0.2, 0) is 4.79 Å². The van der Waals surface area contributed by atoms with Gasteiger partial charge < -0.3 is 10.2 Å². The first kappa shape index (κ1) is 16.8. The van der Waals surface area contributed by atoms with E-state index in [0.717, 1.165) is 30.6 Å². The highest BCUT2D eigenvalue weighted by atomic mass is 16.4. The molecule has 6 atom stereocenters. The van der Waals surface area contributed by atoms with Gasteiger partial charge in [-0.2, -0.15) is 0 Å². The lowest BCUT2D eigenvalue weighted by atomic mass is 9.36. The SMILES string of the molecule is CC1=CC[C@H]2[C@@H]3[C@@H](CC[C@H]2C)[C@](CO)(CC/C=C(\C)C(=O)O)[C@H]13. The van der Waals surface area contributed by atoms with Gasteiger partial charge >= 0.3 is 5.97 Å². The fraction of sp³-hybridized carbons (Fsp3) is 0.750. The van der Waals surface area contributed by atoms with Crippen molar-refractivity contribution in [2.75, 3.05) is 6.61 Å². The van der Waals surface area contributed by atoms with E-state index in [1.54, 1.807) is 6.92 Å². The van der Waals surface area contributed by atoms with Gasteiger partial charge in [0.1, 0.15) is 0 Å². The fourth-order valence-corrected chi connectivity index (χ4v) is 6.05. The number of hydrogen-bond donors (Lipinski definition) is 2. The van der Waals surface area contributed by atoms with Crippen molar-refractivity contribution < 1.29 is 15.0 Å². The van der Waals surface area contributed by atoms with E-state index in [-0.39, 0.29) is 12.0 Å². The number of aliphatic hydroxyl groups is 1. The Morgan fingerprint density at radius 1 is 1.43 bits per heavy atom. The van der Waals surface area contributed by atoms with Gasteiger partial charge in [0, 0.05) is 17.6 Å². The number of carboxylic acids is 1. The van der Waals surface area contributed by atoms with E-state index in [4.69, 9.17) is 5.11 Å². The number of aliphatic hydroxyl groups excluding tert-OH is 1. The van der Waals surface area contributed by atoms with E-state index in [1.807, 2.05) is 6.08 Å². The van der Waals surface area contributed by atoms with Gasteiger partial charge in [-0.15, -0.1) is 0 Å². The van der Waals surface area contributed by atoms with Gasteiger partial charge in [-0.3, -0.25) is 0 Å². The van der Waals surface area contributed by atoms with Crippen LogP contribution in [0.1, 0.15) is 52.9 Å². The molecule has 0 aromatic heterocycles. The standard InChI is InChI=1S/C20H30O3/c1-12-7-9-16-17-15(12)8-6-13(2)18(17)20(16,11-21)10-4-5-14(3)19(22)23/h5-6,12,15-18,21H,4,7-11H2,1-3H3,(H,22,23)/b14-5+/t12-,15-,16-,17-,18-,20-/m1/s1. The first-order chi connectivity index (χ1) is 10.9. The zero-order valence-corrected chi connectivity index (χ0v) is 14.6. The molecule has 0 spiro atoms. The number of rotatable bonds is 5. The molecular weight excluding hydrogens is 288 g/mol. The lowest BCUT2D eigenvalue weighted by molar-refractivity contribution is -0.194. The molecule has 3 aliphatic carbocycles. The maximum absolute atomic E-state index is 11.0. The summed E-state index contributed by atoms with van der Waals surface area (Å²) < 4.78 is 0. The minimum Gasteiger partial charge on any atom is -0.478 e. The Morgan fingerprint density at radius 2 is 2.17 bits per heavy atom. The van der Waals surface area contributed by atoms with E-state index >= 15 is 0 Å². The molecule has 0 bridgehead atoms. The van der Waals surface area contributed by atoms with Gasteiger partial charge in [-0.05, 0) is 69.1 Å². The number of carboxylic acid groups (broad SMARTS) is 1. The predicted molar refractivity (Wildman–Crippen MR) is 90.9 cm³/mol. The minimum absolute atomic E-state index is 0.0145. The smallest absolute Gasteiger partial charge is 0.330 e. The van der Waals surface area contributed by atoms with Crippen molar-refractivity contribution in [3.8, 4) is 0 Å². The Kier molecular flexibility index (Phi) is 4.43. The molecule has 2 fully saturated rings.